The van der Waals surface area contributed by atoms with Gasteiger partial charge in [-0.15, -0.1) is 0 Å². The van der Waals surface area contributed by atoms with Crippen molar-refractivity contribution in [1.82, 2.24) is 0 Å². The van der Waals surface area contributed by atoms with Crippen molar-refractivity contribution in [3.05, 3.63) is 23.3 Å². The first-order chi connectivity index (χ1) is 21.8. The molecule has 0 aliphatic heterocycles. The van der Waals surface area contributed by atoms with Crippen LogP contribution in [0, 0.1) is 29.1 Å². The van der Waals surface area contributed by atoms with Crippen LogP contribution in [0.5, 0.6) is 0 Å². The van der Waals surface area contributed by atoms with Crippen LogP contribution in [0.25, 0.3) is 0 Å². The molecule has 0 heterocycles. The summed E-state index contributed by atoms with van der Waals surface area (Å²) in [5, 5.41) is 35.2. The number of carbonyl (C=O) groups is 3. The van der Waals surface area contributed by atoms with Crippen LogP contribution in [0.1, 0.15) is 138 Å². The summed E-state index contributed by atoms with van der Waals surface area (Å²) < 4.78 is 12.8. The number of Topliss-reactive ketones (excluding diaryl/α,β-unsaturated/α-hetero) is 1. The predicted molar refractivity (Wildman–Crippen MR) is 177 cm³/mol. The molecule has 0 aromatic carbocycles. The molecule has 0 spiro atoms. The van der Waals surface area contributed by atoms with E-state index >= 15 is 0 Å². The Kier molecular flexibility index (Phi) is 11.7. The van der Waals surface area contributed by atoms with E-state index in [1.807, 2.05) is 13.8 Å². The summed E-state index contributed by atoms with van der Waals surface area (Å²) in [6.07, 6.45) is 15.2. The van der Waals surface area contributed by atoms with E-state index in [2.05, 4.69) is 13.8 Å². The summed E-state index contributed by atoms with van der Waals surface area (Å²) in [5.41, 5.74) is -4.71. The highest BCUT2D eigenvalue weighted by Crippen LogP contribution is 2.77. The molecular weight excluding hydrogens is 584 g/mol. The molecule has 0 saturated heterocycles. The number of aliphatic hydroxyl groups is 3. The Morgan fingerprint density at radius 2 is 1.41 bits per heavy atom. The SMILES string of the molecule is CCCCCCCCC(=O)O[C@@H]1[C@@H](C)[C@@]2(O)[C@@H](C=C(CO)C[C@@]3(O)C(=O)C(C)=C[C@@H]23)[C@@H]2C(C)(C)[C@]12OC(=O)CCCCCCCC. The summed E-state index contributed by atoms with van der Waals surface area (Å²) in [4.78, 5) is 40.4. The molecular formula is C38H60O8. The van der Waals surface area contributed by atoms with Crippen molar-refractivity contribution < 1.29 is 39.2 Å². The van der Waals surface area contributed by atoms with E-state index in [4.69, 9.17) is 9.47 Å². The summed E-state index contributed by atoms with van der Waals surface area (Å²) in [7, 11) is 0. The molecule has 2 saturated carbocycles. The lowest BCUT2D eigenvalue weighted by Gasteiger charge is -2.53. The number of hydrogen-bond acceptors (Lipinski definition) is 8. The number of carbonyl (C=O) groups excluding carboxylic acids is 3. The lowest BCUT2D eigenvalue weighted by Crippen LogP contribution is -2.66. The van der Waals surface area contributed by atoms with Gasteiger partial charge in [0.15, 0.2) is 11.4 Å². The van der Waals surface area contributed by atoms with Crippen LogP contribution in [0.4, 0.5) is 0 Å². The molecule has 0 aromatic heterocycles. The molecule has 4 aliphatic carbocycles. The summed E-state index contributed by atoms with van der Waals surface area (Å²) >= 11 is 0. The van der Waals surface area contributed by atoms with E-state index in [9.17, 15) is 29.7 Å². The van der Waals surface area contributed by atoms with E-state index in [0.717, 1.165) is 51.4 Å². The number of hydrogen-bond donors (Lipinski definition) is 3. The Balaban J connectivity index is 1.67. The minimum Gasteiger partial charge on any atom is -0.458 e. The fourth-order valence-corrected chi connectivity index (χ4v) is 9.36. The Bertz CT molecular complexity index is 1190. The number of rotatable bonds is 17. The average Bonchev–Trinajstić information content (AvgIpc) is 3.44. The van der Waals surface area contributed by atoms with Crippen LogP contribution in [0.3, 0.4) is 0 Å². The second kappa shape index (κ2) is 14.6. The lowest BCUT2D eigenvalue weighted by atomic mass is 9.59. The molecule has 8 heteroatoms. The van der Waals surface area contributed by atoms with Gasteiger partial charge in [-0.1, -0.05) is 111 Å². The van der Waals surface area contributed by atoms with Crippen molar-refractivity contribution in [2.45, 2.75) is 161 Å². The average molecular weight is 645 g/mol. The quantitative estimate of drug-likeness (QED) is 0.0926. The monoisotopic (exact) mass is 644 g/mol. The van der Waals surface area contributed by atoms with Crippen molar-refractivity contribution >= 4 is 17.7 Å². The van der Waals surface area contributed by atoms with Gasteiger partial charge in [0.25, 0.3) is 0 Å². The van der Waals surface area contributed by atoms with Gasteiger partial charge < -0.3 is 24.8 Å². The zero-order valence-corrected chi connectivity index (χ0v) is 29.2. The predicted octanol–water partition coefficient (Wildman–Crippen LogP) is 6.53. The van der Waals surface area contributed by atoms with E-state index in [1.165, 1.54) is 12.8 Å². The summed E-state index contributed by atoms with van der Waals surface area (Å²) in [6.45, 7) is 11.3. The lowest BCUT2D eigenvalue weighted by molar-refractivity contribution is -0.229. The standard InChI is InChI=1S/C38H60O8/c1-7-9-11-13-15-17-19-30(40)45-34-26(4)37(44)28(22-27(24-39)23-36(43)29(37)21-25(3)33(36)42)32-35(5,6)38(32,34)46-31(41)20-18-16-14-12-10-8-2/h21-22,26,28-29,32,34,39,43-44H,7-20,23-24H2,1-6H3/t26-,28+,29-,32-,34-,36+,37-,38-/m1/s1. The molecule has 0 bridgehead atoms. The van der Waals surface area contributed by atoms with Crippen molar-refractivity contribution in [2.24, 2.45) is 29.1 Å². The minimum atomic E-state index is -1.93. The first kappa shape index (κ1) is 36.8. The van der Waals surface area contributed by atoms with Gasteiger partial charge in [-0.3, -0.25) is 14.4 Å². The molecule has 0 unspecified atom stereocenters. The molecule has 260 valence electrons. The maximum atomic E-state index is 13.5. The maximum absolute atomic E-state index is 13.5. The number of esters is 2. The Labute approximate surface area is 276 Å². The molecule has 0 radical (unpaired) electrons. The minimum absolute atomic E-state index is 0.104. The highest BCUT2D eigenvalue weighted by atomic mass is 16.6. The highest BCUT2D eigenvalue weighted by molar-refractivity contribution is 6.04. The number of aliphatic hydroxyl groups excluding tert-OH is 1. The third-order valence-electron chi connectivity index (χ3n) is 12.0. The molecule has 8 atom stereocenters. The molecule has 4 rings (SSSR count). The van der Waals surface area contributed by atoms with Gasteiger partial charge in [0.2, 0.25) is 0 Å². The summed E-state index contributed by atoms with van der Waals surface area (Å²) in [6, 6.07) is 0. The van der Waals surface area contributed by atoms with Gasteiger partial charge >= 0.3 is 11.9 Å². The Hall–Kier alpha value is -2.03. The number of fused-ring (bicyclic) bond motifs is 5. The first-order valence-corrected chi connectivity index (χ1v) is 18.2. The second-order valence-electron chi connectivity index (χ2n) is 15.4. The van der Waals surface area contributed by atoms with Gasteiger partial charge in [0, 0.05) is 48.3 Å². The first-order valence-electron chi connectivity index (χ1n) is 18.2. The zero-order chi connectivity index (χ0) is 33.9. The molecule has 46 heavy (non-hydrogen) atoms. The van der Waals surface area contributed by atoms with Crippen LogP contribution in [0.2, 0.25) is 0 Å². The van der Waals surface area contributed by atoms with Crippen LogP contribution in [0.15, 0.2) is 23.3 Å². The largest absolute Gasteiger partial charge is 0.458 e. The van der Waals surface area contributed by atoms with Crippen LogP contribution in [-0.2, 0) is 23.9 Å². The molecule has 0 aromatic rings. The van der Waals surface area contributed by atoms with Crippen LogP contribution in [-0.4, -0.2) is 62.6 Å². The topological polar surface area (TPSA) is 130 Å². The van der Waals surface area contributed by atoms with Crippen molar-refractivity contribution in [3.63, 3.8) is 0 Å². The Morgan fingerprint density at radius 1 is 0.870 bits per heavy atom. The van der Waals surface area contributed by atoms with Crippen LogP contribution >= 0.6 is 0 Å². The zero-order valence-electron chi connectivity index (χ0n) is 29.2. The third kappa shape index (κ3) is 6.39. The maximum Gasteiger partial charge on any atom is 0.306 e. The molecule has 8 nitrogen and oxygen atoms in total. The van der Waals surface area contributed by atoms with Gasteiger partial charge in [-0.25, -0.2) is 0 Å². The molecule has 2 fully saturated rings. The van der Waals surface area contributed by atoms with Gasteiger partial charge in [-0.05, 0) is 30.9 Å². The van der Waals surface area contributed by atoms with Crippen molar-refractivity contribution in [3.8, 4) is 0 Å². The van der Waals surface area contributed by atoms with Crippen molar-refractivity contribution in [2.75, 3.05) is 6.61 Å². The highest BCUT2D eigenvalue weighted by Gasteiger charge is 2.87. The second-order valence-corrected chi connectivity index (χ2v) is 15.4. The van der Waals surface area contributed by atoms with E-state index in [-0.39, 0.29) is 31.8 Å². The Morgan fingerprint density at radius 3 is 1.98 bits per heavy atom. The van der Waals surface area contributed by atoms with Gasteiger partial charge in [0.1, 0.15) is 11.7 Å². The number of ether oxygens (including phenoxy) is 2. The summed E-state index contributed by atoms with van der Waals surface area (Å²) in [5.74, 6) is -4.12. The number of ketones is 1. The van der Waals surface area contributed by atoms with Gasteiger partial charge in [0.05, 0.1) is 12.2 Å². The molecule has 3 N–H and O–H groups in total. The van der Waals surface area contributed by atoms with Crippen LogP contribution < -0.4 is 0 Å². The smallest absolute Gasteiger partial charge is 0.306 e. The molecule has 4 aliphatic rings. The fraction of sp³-hybridized carbons (Fsp3) is 0.816. The van der Waals surface area contributed by atoms with Gasteiger partial charge in [-0.2, -0.15) is 0 Å². The fourth-order valence-electron chi connectivity index (χ4n) is 9.36. The molecule has 0 amide bonds. The van der Waals surface area contributed by atoms with E-state index < -0.39 is 63.7 Å². The normalized spacial score (nSPS) is 35.7. The third-order valence-corrected chi connectivity index (χ3v) is 12.0. The van der Waals surface area contributed by atoms with E-state index in [0.29, 0.717) is 24.0 Å². The van der Waals surface area contributed by atoms with E-state index in [1.54, 1.807) is 26.0 Å². The van der Waals surface area contributed by atoms with Crippen molar-refractivity contribution in [1.29, 1.82) is 0 Å². The number of unbranched alkanes of at least 4 members (excludes halogenated alkanes) is 10.